The summed E-state index contributed by atoms with van der Waals surface area (Å²) in [6, 6.07) is 6.81. The van der Waals surface area contributed by atoms with Crippen molar-refractivity contribution >= 4 is 24.5 Å². The van der Waals surface area contributed by atoms with Crippen molar-refractivity contribution in [1.82, 2.24) is 5.32 Å². The number of hydrogen-bond donors (Lipinski definition) is 2. The molecule has 1 aromatic rings. The Bertz CT molecular complexity index is 434. The van der Waals surface area contributed by atoms with Crippen LogP contribution < -0.4 is 5.32 Å². The Morgan fingerprint density at radius 2 is 2.06 bits per heavy atom. The molecule has 0 aliphatic rings. The van der Waals surface area contributed by atoms with Gasteiger partial charge in [0.15, 0.2) is 0 Å². The molecule has 0 fully saturated rings. The number of thiol groups is 1. The van der Waals surface area contributed by atoms with E-state index in [9.17, 15) is 9.59 Å². The highest BCUT2D eigenvalue weighted by Gasteiger charge is 2.17. The second-order valence-corrected chi connectivity index (χ2v) is 4.36. The van der Waals surface area contributed by atoms with Gasteiger partial charge in [-0.05, 0) is 18.6 Å². The Morgan fingerprint density at radius 1 is 1.39 bits per heavy atom. The number of ether oxygens (including phenoxy) is 1. The van der Waals surface area contributed by atoms with E-state index in [1.165, 1.54) is 7.11 Å². The fourth-order valence-corrected chi connectivity index (χ4v) is 1.77. The topological polar surface area (TPSA) is 55.4 Å². The molecule has 1 N–H and O–H groups in total. The second-order valence-electron chi connectivity index (χ2n) is 3.88. The van der Waals surface area contributed by atoms with Crippen LogP contribution in [0.2, 0.25) is 0 Å². The molecule has 1 unspecified atom stereocenters. The van der Waals surface area contributed by atoms with Gasteiger partial charge in [0.25, 0.3) is 5.91 Å². The first-order chi connectivity index (χ1) is 8.58. The van der Waals surface area contributed by atoms with Gasteiger partial charge in [-0.1, -0.05) is 19.1 Å². The van der Waals surface area contributed by atoms with Crippen LogP contribution in [0.25, 0.3) is 0 Å². The number of nitrogens with one attached hydrogen (secondary N) is 1. The molecule has 5 heteroatoms. The van der Waals surface area contributed by atoms with Crippen molar-refractivity contribution in [2.45, 2.75) is 30.7 Å². The van der Waals surface area contributed by atoms with E-state index in [1.54, 1.807) is 18.2 Å². The van der Waals surface area contributed by atoms with Crippen LogP contribution in [0, 0.1) is 0 Å². The Kier molecular flexibility index (Phi) is 5.71. The van der Waals surface area contributed by atoms with E-state index < -0.39 is 0 Å². The van der Waals surface area contributed by atoms with Crippen LogP contribution in [0.1, 0.15) is 30.1 Å². The number of rotatable bonds is 5. The minimum Gasteiger partial charge on any atom is -0.469 e. The maximum Gasteiger partial charge on any atom is 0.307 e. The zero-order valence-corrected chi connectivity index (χ0v) is 11.4. The lowest BCUT2D eigenvalue weighted by Crippen LogP contribution is -2.36. The molecule has 0 aliphatic carbocycles. The molecule has 1 rings (SSSR count). The molecule has 0 radical (unpaired) electrons. The SMILES string of the molecule is CCC(CC(=O)OC)NC(=O)c1ccccc1S. The fraction of sp³-hybridized carbons (Fsp3) is 0.385. The van der Waals surface area contributed by atoms with Crippen LogP contribution in [0.4, 0.5) is 0 Å². The van der Waals surface area contributed by atoms with E-state index in [0.717, 1.165) is 0 Å². The van der Waals surface area contributed by atoms with Crippen LogP contribution in [-0.4, -0.2) is 25.0 Å². The Hall–Kier alpha value is -1.49. The summed E-state index contributed by atoms with van der Waals surface area (Å²) in [5.74, 6) is -0.558. The van der Waals surface area contributed by atoms with Crippen molar-refractivity contribution in [2.24, 2.45) is 0 Å². The normalized spacial score (nSPS) is 11.7. The number of esters is 1. The van der Waals surface area contributed by atoms with E-state index in [1.807, 2.05) is 13.0 Å². The first-order valence-electron chi connectivity index (χ1n) is 5.74. The van der Waals surface area contributed by atoms with Gasteiger partial charge < -0.3 is 10.1 Å². The predicted molar refractivity (Wildman–Crippen MR) is 71.9 cm³/mol. The van der Waals surface area contributed by atoms with Gasteiger partial charge in [0.2, 0.25) is 0 Å². The van der Waals surface area contributed by atoms with E-state index in [0.29, 0.717) is 16.9 Å². The van der Waals surface area contributed by atoms with Gasteiger partial charge in [0, 0.05) is 10.9 Å². The molecule has 1 atom stereocenters. The van der Waals surface area contributed by atoms with Crippen LogP contribution in [0.3, 0.4) is 0 Å². The fourth-order valence-electron chi connectivity index (χ4n) is 1.51. The smallest absolute Gasteiger partial charge is 0.307 e. The molecule has 0 saturated heterocycles. The second kappa shape index (κ2) is 7.06. The molecule has 98 valence electrons. The van der Waals surface area contributed by atoms with Crippen molar-refractivity contribution < 1.29 is 14.3 Å². The average Bonchev–Trinajstić information content (AvgIpc) is 2.38. The molecule has 1 aromatic carbocycles. The number of methoxy groups -OCH3 is 1. The van der Waals surface area contributed by atoms with Gasteiger partial charge in [-0.3, -0.25) is 9.59 Å². The van der Waals surface area contributed by atoms with Gasteiger partial charge in [-0.15, -0.1) is 12.6 Å². The summed E-state index contributed by atoms with van der Waals surface area (Å²) >= 11 is 4.22. The standard InChI is InChI=1S/C13H17NO3S/c1-3-9(8-12(15)17-2)14-13(16)10-6-4-5-7-11(10)18/h4-7,9,18H,3,8H2,1-2H3,(H,14,16). The van der Waals surface area contributed by atoms with Gasteiger partial charge in [0.05, 0.1) is 19.1 Å². The zero-order chi connectivity index (χ0) is 13.5. The number of carbonyl (C=O) groups excluding carboxylic acids is 2. The summed E-state index contributed by atoms with van der Waals surface area (Å²) in [5, 5.41) is 2.80. The van der Waals surface area contributed by atoms with Crippen molar-refractivity contribution in [3.63, 3.8) is 0 Å². The van der Waals surface area contributed by atoms with Gasteiger partial charge >= 0.3 is 5.97 Å². The first-order valence-corrected chi connectivity index (χ1v) is 6.18. The van der Waals surface area contributed by atoms with E-state index >= 15 is 0 Å². The van der Waals surface area contributed by atoms with Crippen LogP contribution in [0.15, 0.2) is 29.2 Å². The van der Waals surface area contributed by atoms with Gasteiger partial charge in [-0.25, -0.2) is 0 Å². The molecular formula is C13H17NO3S. The maximum absolute atomic E-state index is 12.0. The molecule has 1 amide bonds. The first kappa shape index (κ1) is 14.6. The Morgan fingerprint density at radius 3 is 2.61 bits per heavy atom. The maximum atomic E-state index is 12.0. The summed E-state index contributed by atoms with van der Waals surface area (Å²) in [6.45, 7) is 1.90. The molecule has 0 spiro atoms. The van der Waals surface area contributed by atoms with Gasteiger partial charge in [-0.2, -0.15) is 0 Å². The summed E-state index contributed by atoms with van der Waals surface area (Å²) in [6.07, 6.45) is 0.836. The molecule has 4 nitrogen and oxygen atoms in total. The lowest BCUT2D eigenvalue weighted by molar-refractivity contribution is -0.141. The largest absolute Gasteiger partial charge is 0.469 e. The summed E-state index contributed by atoms with van der Waals surface area (Å²) < 4.78 is 4.59. The van der Waals surface area contributed by atoms with Crippen molar-refractivity contribution in [1.29, 1.82) is 0 Å². The summed E-state index contributed by atoms with van der Waals surface area (Å²) in [4.78, 5) is 23.8. The van der Waals surface area contributed by atoms with Crippen LogP contribution in [0.5, 0.6) is 0 Å². The lowest BCUT2D eigenvalue weighted by Gasteiger charge is -2.16. The highest BCUT2D eigenvalue weighted by molar-refractivity contribution is 7.80. The molecule has 0 aliphatic heterocycles. The third kappa shape index (κ3) is 4.07. The molecule has 0 heterocycles. The van der Waals surface area contributed by atoms with E-state index in [4.69, 9.17) is 0 Å². The molecule has 18 heavy (non-hydrogen) atoms. The van der Waals surface area contributed by atoms with E-state index in [-0.39, 0.29) is 24.3 Å². The number of carbonyl (C=O) groups is 2. The molecule has 0 aromatic heterocycles. The minimum absolute atomic E-state index is 0.174. The van der Waals surface area contributed by atoms with Crippen LogP contribution >= 0.6 is 12.6 Å². The molecule has 0 saturated carbocycles. The zero-order valence-electron chi connectivity index (χ0n) is 10.5. The quantitative estimate of drug-likeness (QED) is 0.634. The monoisotopic (exact) mass is 267 g/mol. The number of amides is 1. The van der Waals surface area contributed by atoms with Crippen LogP contribution in [-0.2, 0) is 9.53 Å². The summed E-state index contributed by atoms with van der Waals surface area (Å²) in [7, 11) is 1.33. The van der Waals surface area contributed by atoms with Crippen molar-refractivity contribution in [3.05, 3.63) is 29.8 Å². The Balaban J connectivity index is 2.68. The Labute approximate surface area is 112 Å². The number of benzene rings is 1. The number of hydrogen-bond acceptors (Lipinski definition) is 4. The van der Waals surface area contributed by atoms with E-state index in [2.05, 4.69) is 22.7 Å². The minimum atomic E-state index is -0.332. The van der Waals surface area contributed by atoms with Crippen molar-refractivity contribution in [3.8, 4) is 0 Å². The third-order valence-corrected chi connectivity index (χ3v) is 3.01. The summed E-state index contributed by atoms with van der Waals surface area (Å²) in [5.41, 5.74) is 0.504. The van der Waals surface area contributed by atoms with Gasteiger partial charge in [0.1, 0.15) is 0 Å². The highest BCUT2D eigenvalue weighted by atomic mass is 32.1. The molecular weight excluding hydrogens is 250 g/mol. The lowest BCUT2D eigenvalue weighted by atomic mass is 10.1. The average molecular weight is 267 g/mol. The van der Waals surface area contributed by atoms with Crippen molar-refractivity contribution in [2.75, 3.05) is 7.11 Å². The molecule has 0 bridgehead atoms. The highest BCUT2D eigenvalue weighted by Crippen LogP contribution is 2.13. The predicted octanol–water partition coefficient (Wildman–Crippen LogP) is 2.05. The third-order valence-electron chi connectivity index (χ3n) is 2.62.